The third-order valence-corrected chi connectivity index (χ3v) is 5.14. The monoisotopic (exact) mass is 411 g/mol. The van der Waals surface area contributed by atoms with Gasteiger partial charge in [-0.05, 0) is 29.8 Å². The number of aromatic amines is 1. The molecule has 29 heavy (non-hydrogen) atoms. The van der Waals surface area contributed by atoms with Crippen molar-refractivity contribution in [2.75, 3.05) is 19.0 Å². The number of anilines is 1. The number of rotatable bonds is 3. The second-order valence-electron chi connectivity index (χ2n) is 6.51. The Hall–Kier alpha value is -3.39. The van der Waals surface area contributed by atoms with E-state index in [9.17, 15) is 9.59 Å². The molecule has 4 rings (SSSR count). The van der Waals surface area contributed by atoms with Gasteiger partial charge in [-0.15, -0.1) is 0 Å². The first-order chi connectivity index (χ1) is 14.1. The number of aromatic nitrogens is 3. The second-order valence-corrected chi connectivity index (χ2v) is 6.92. The lowest BCUT2D eigenvalue weighted by Gasteiger charge is -2.35. The van der Waals surface area contributed by atoms with Crippen LogP contribution in [0, 0.1) is 0 Å². The number of benzene rings is 1. The highest BCUT2D eigenvalue weighted by molar-refractivity contribution is 6.33. The smallest absolute Gasteiger partial charge is 0.339 e. The number of hydrogen-bond donors (Lipinski definition) is 2. The summed E-state index contributed by atoms with van der Waals surface area (Å²) in [5.41, 5.74) is 3.29. The molecule has 2 amide bonds. The lowest BCUT2D eigenvalue weighted by Crippen LogP contribution is -2.43. The summed E-state index contributed by atoms with van der Waals surface area (Å²) >= 11 is 6.06. The molecule has 8 nitrogen and oxygen atoms in total. The average molecular weight is 412 g/mol. The fraction of sp³-hybridized carbons (Fsp3) is 0.200. The minimum Gasteiger partial charge on any atom is -0.465 e. The van der Waals surface area contributed by atoms with Crippen LogP contribution in [0.15, 0.2) is 49.1 Å². The molecule has 9 heteroatoms. The van der Waals surface area contributed by atoms with Crippen LogP contribution in [-0.4, -0.2) is 45.5 Å². The summed E-state index contributed by atoms with van der Waals surface area (Å²) in [5, 5.41) is 3.10. The Morgan fingerprint density at radius 3 is 2.97 bits per heavy atom. The number of hydrogen-bond acceptors (Lipinski definition) is 5. The van der Waals surface area contributed by atoms with E-state index < -0.39 is 5.97 Å². The van der Waals surface area contributed by atoms with Gasteiger partial charge >= 0.3 is 12.0 Å². The van der Waals surface area contributed by atoms with Crippen molar-refractivity contribution >= 4 is 29.3 Å². The zero-order valence-electron chi connectivity index (χ0n) is 15.6. The third kappa shape index (κ3) is 3.66. The summed E-state index contributed by atoms with van der Waals surface area (Å²) in [6, 6.07) is 7.74. The zero-order chi connectivity index (χ0) is 20.4. The number of methoxy groups -OCH3 is 1. The lowest BCUT2D eigenvalue weighted by molar-refractivity contribution is 0.0601. The van der Waals surface area contributed by atoms with Crippen LogP contribution in [0.25, 0.3) is 0 Å². The molecular formula is C20H18ClN5O3. The summed E-state index contributed by atoms with van der Waals surface area (Å²) in [7, 11) is 1.28. The molecule has 0 radical (unpaired) electrons. The molecule has 0 saturated heterocycles. The molecule has 148 valence electrons. The standard InChI is InChI=1S/C20H18ClN5O3/c1-29-19(27)14-9-13(4-5-15(14)21)25-20(28)26-8-6-16-17(24-11-23-16)18(26)12-3-2-7-22-10-12/h2-5,7,9-11,18H,6,8H2,1H3,(H,23,24)(H,25,28)/t18-/m0/s1. The molecule has 0 aliphatic carbocycles. The molecule has 0 fully saturated rings. The Morgan fingerprint density at radius 2 is 2.21 bits per heavy atom. The molecule has 0 unspecified atom stereocenters. The average Bonchev–Trinajstić information content (AvgIpc) is 3.23. The molecule has 0 saturated carbocycles. The van der Waals surface area contributed by atoms with Gasteiger partial charge in [0.2, 0.25) is 0 Å². The van der Waals surface area contributed by atoms with Gasteiger partial charge in [0, 0.05) is 36.7 Å². The van der Waals surface area contributed by atoms with Crippen molar-refractivity contribution in [1.82, 2.24) is 19.9 Å². The van der Waals surface area contributed by atoms with Gasteiger partial charge in [-0.25, -0.2) is 14.6 Å². The van der Waals surface area contributed by atoms with Gasteiger partial charge in [0.15, 0.2) is 0 Å². The fourth-order valence-corrected chi connectivity index (χ4v) is 3.63. The van der Waals surface area contributed by atoms with Gasteiger partial charge in [0.1, 0.15) is 6.04 Å². The summed E-state index contributed by atoms with van der Waals surface area (Å²) in [4.78, 5) is 38.5. The number of urea groups is 1. The Balaban J connectivity index is 1.63. The van der Waals surface area contributed by atoms with Gasteiger partial charge in [-0.1, -0.05) is 17.7 Å². The molecule has 3 heterocycles. The number of imidazole rings is 1. The van der Waals surface area contributed by atoms with E-state index in [-0.39, 0.29) is 22.7 Å². The van der Waals surface area contributed by atoms with Crippen molar-refractivity contribution in [2.24, 2.45) is 0 Å². The van der Waals surface area contributed by atoms with Crippen LogP contribution in [0.1, 0.15) is 33.4 Å². The summed E-state index contributed by atoms with van der Waals surface area (Å²) in [6.45, 7) is 0.498. The molecule has 2 aromatic heterocycles. The summed E-state index contributed by atoms with van der Waals surface area (Å²) in [5.74, 6) is -0.571. The van der Waals surface area contributed by atoms with E-state index in [1.54, 1.807) is 35.8 Å². The molecule has 1 atom stereocenters. The van der Waals surface area contributed by atoms with Gasteiger partial charge < -0.3 is 19.9 Å². The topological polar surface area (TPSA) is 100 Å². The number of fused-ring (bicyclic) bond motifs is 1. The highest BCUT2D eigenvalue weighted by atomic mass is 35.5. The number of carbonyl (C=O) groups is 2. The van der Waals surface area contributed by atoms with E-state index in [1.807, 2.05) is 12.1 Å². The highest BCUT2D eigenvalue weighted by Crippen LogP contribution is 2.33. The Kier molecular flexibility index (Phi) is 5.18. The number of halogens is 1. The first-order valence-corrected chi connectivity index (χ1v) is 9.34. The van der Waals surface area contributed by atoms with Crippen LogP contribution in [0.5, 0.6) is 0 Å². The van der Waals surface area contributed by atoms with Crippen molar-refractivity contribution in [2.45, 2.75) is 12.5 Å². The van der Waals surface area contributed by atoms with Crippen LogP contribution >= 0.6 is 11.6 Å². The van der Waals surface area contributed by atoms with Crippen LogP contribution in [0.2, 0.25) is 5.02 Å². The van der Waals surface area contributed by atoms with Crippen LogP contribution < -0.4 is 5.32 Å². The number of ether oxygens (including phenoxy) is 1. The van der Waals surface area contributed by atoms with Crippen molar-refractivity contribution in [3.8, 4) is 0 Å². The predicted octanol–water partition coefficient (Wildman–Crippen LogP) is 3.42. The predicted molar refractivity (Wildman–Crippen MR) is 107 cm³/mol. The number of nitrogens with zero attached hydrogens (tertiary/aromatic N) is 3. The van der Waals surface area contributed by atoms with Crippen molar-refractivity contribution < 1.29 is 14.3 Å². The number of H-pyrrole nitrogens is 1. The Bertz CT molecular complexity index is 1050. The molecule has 0 spiro atoms. The van der Waals surface area contributed by atoms with Gasteiger partial charge in [0.25, 0.3) is 0 Å². The van der Waals surface area contributed by atoms with E-state index in [2.05, 4.69) is 20.3 Å². The second kappa shape index (κ2) is 7.92. The highest BCUT2D eigenvalue weighted by Gasteiger charge is 2.34. The third-order valence-electron chi connectivity index (χ3n) is 4.81. The minimum absolute atomic E-state index is 0.184. The maximum atomic E-state index is 13.1. The first-order valence-electron chi connectivity index (χ1n) is 8.96. The van der Waals surface area contributed by atoms with Gasteiger partial charge in [-0.3, -0.25) is 4.98 Å². The van der Waals surface area contributed by atoms with Crippen LogP contribution in [-0.2, 0) is 11.2 Å². The summed E-state index contributed by atoms with van der Waals surface area (Å²) < 4.78 is 4.73. The molecule has 1 aliphatic heterocycles. The SMILES string of the molecule is COC(=O)c1cc(NC(=O)N2CCc3[nH]cnc3[C@@H]2c2cccnc2)ccc1Cl. The van der Waals surface area contributed by atoms with Gasteiger partial charge in [-0.2, -0.15) is 0 Å². The number of nitrogens with one attached hydrogen (secondary N) is 2. The van der Waals surface area contributed by atoms with E-state index >= 15 is 0 Å². The quantitative estimate of drug-likeness (QED) is 0.643. The largest absolute Gasteiger partial charge is 0.465 e. The van der Waals surface area contributed by atoms with Crippen molar-refractivity contribution in [1.29, 1.82) is 0 Å². The van der Waals surface area contributed by atoms with E-state index in [0.29, 0.717) is 18.7 Å². The molecule has 2 N–H and O–H groups in total. The maximum Gasteiger partial charge on any atom is 0.339 e. The van der Waals surface area contributed by atoms with Crippen LogP contribution in [0.3, 0.4) is 0 Å². The Morgan fingerprint density at radius 1 is 1.34 bits per heavy atom. The molecular weight excluding hydrogens is 394 g/mol. The van der Waals surface area contributed by atoms with E-state index in [4.69, 9.17) is 16.3 Å². The van der Waals surface area contributed by atoms with E-state index in [0.717, 1.165) is 17.0 Å². The molecule has 0 bridgehead atoms. The number of carbonyl (C=O) groups excluding carboxylic acids is 2. The van der Waals surface area contributed by atoms with Crippen LogP contribution in [0.4, 0.5) is 10.5 Å². The molecule has 3 aromatic rings. The number of esters is 1. The minimum atomic E-state index is -0.571. The maximum absolute atomic E-state index is 13.1. The Labute approximate surface area is 171 Å². The first kappa shape index (κ1) is 18.9. The molecule has 1 aliphatic rings. The van der Waals surface area contributed by atoms with Crippen molar-refractivity contribution in [3.05, 3.63) is 76.6 Å². The number of amides is 2. The fourth-order valence-electron chi connectivity index (χ4n) is 3.44. The van der Waals surface area contributed by atoms with Crippen molar-refractivity contribution in [3.63, 3.8) is 0 Å². The van der Waals surface area contributed by atoms with Gasteiger partial charge in [0.05, 0.1) is 29.7 Å². The lowest BCUT2D eigenvalue weighted by atomic mass is 9.97. The van der Waals surface area contributed by atoms with E-state index in [1.165, 1.54) is 13.2 Å². The molecule has 1 aromatic carbocycles. The normalized spacial score (nSPS) is 15.5. The summed E-state index contributed by atoms with van der Waals surface area (Å²) in [6.07, 6.45) is 5.71. The zero-order valence-corrected chi connectivity index (χ0v) is 16.3. The number of pyridine rings is 1.